The van der Waals surface area contributed by atoms with Crippen molar-refractivity contribution in [2.24, 2.45) is 5.92 Å². The number of hydrogen-bond donors (Lipinski definition) is 0. The monoisotopic (exact) mass is 140 g/mol. The summed E-state index contributed by atoms with van der Waals surface area (Å²) in [5.41, 5.74) is 0. The molecule has 2 heteroatoms. The molecule has 0 N–H and O–H groups in total. The van der Waals surface area contributed by atoms with Crippen LogP contribution < -0.4 is 0 Å². The molecule has 0 atom stereocenters. The highest BCUT2D eigenvalue weighted by atomic mass is 15.1. The molecular weight excluding hydrogens is 124 g/mol. The average Bonchev–Trinajstić information content (AvgIpc) is 1.81. The van der Waals surface area contributed by atoms with E-state index in [4.69, 9.17) is 5.26 Å². The Labute approximate surface area is 63.4 Å². The van der Waals surface area contributed by atoms with Crippen LogP contribution in [0, 0.1) is 17.4 Å². The van der Waals surface area contributed by atoms with Gasteiger partial charge in [0.1, 0.15) is 0 Å². The smallest absolute Gasteiger partial charge is 0.179 e. The lowest BCUT2D eigenvalue weighted by Crippen LogP contribution is -2.29. The van der Waals surface area contributed by atoms with Gasteiger partial charge in [0.2, 0.25) is 0 Å². The molecule has 0 aromatic heterocycles. The normalized spacial score (nSPS) is 10.1. The highest BCUT2D eigenvalue weighted by molar-refractivity contribution is 4.77. The van der Waals surface area contributed by atoms with Gasteiger partial charge in [-0.25, -0.2) is 0 Å². The van der Waals surface area contributed by atoms with Gasteiger partial charge in [-0.05, 0) is 19.8 Å². The number of nitriles is 1. The fourth-order valence-corrected chi connectivity index (χ4v) is 0.761. The molecule has 0 aromatic rings. The Balaban J connectivity index is 3.75. The van der Waals surface area contributed by atoms with Crippen LogP contribution in [0.3, 0.4) is 0 Å². The van der Waals surface area contributed by atoms with E-state index in [9.17, 15) is 0 Å². The van der Waals surface area contributed by atoms with Gasteiger partial charge in [-0.3, -0.25) is 0 Å². The molecule has 0 fully saturated rings. The molecule has 10 heavy (non-hydrogen) atoms. The summed E-state index contributed by atoms with van der Waals surface area (Å²) in [6, 6.07) is 0.340. The third kappa shape index (κ3) is 3.34. The summed E-state index contributed by atoms with van der Waals surface area (Å²) in [4.78, 5) is 1.80. The zero-order valence-corrected chi connectivity index (χ0v) is 7.26. The van der Waals surface area contributed by atoms with Gasteiger partial charge in [-0.1, -0.05) is 13.8 Å². The van der Waals surface area contributed by atoms with Crippen molar-refractivity contribution in [3.8, 4) is 6.19 Å². The molecule has 0 saturated heterocycles. The Hall–Kier alpha value is -0.710. The minimum atomic E-state index is 0.340. The molecule has 58 valence electrons. The fourth-order valence-electron chi connectivity index (χ4n) is 0.761. The van der Waals surface area contributed by atoms with Gasteiger partial charge in [0.25, 0.3) is 0 Å². The van der Waals surface area contributed by atoms with E-state index in [1.807, 2.05) is 13.8 Å². The summed E-state index contributed by atoms with van der Waals surface area (Å²) in [6.45, 7) is 9.17. The Morgan fingerprint density at radius 3 is 1.90 bits per heavy atom. The topological polar surface area (TPSA) is 27.0 Å². The van der Waals surface area contributed by atoms with Crippen LogP contribution in [0.15, 0.2) is 0 Å². The van der Waals surface area contributed by atoms with Crippen LogP contribution in [-0.2, 0) is 0 Å². The van der Waals surface area contributed by atoms with Crippen LogP contribution in [0.2, 0.25) is 0 Å². The number of rotatable bonds is 3. The van der Waals surface area contributed by atoms with Gasteiger partial charge in [0, 0.05) is 12.6 Å². The summed E-state index contributed by atoms with van der Waals surface area (Å²) in [7, 11) is 0. The molecule has 0 aliphatic heterocycles. The minimum absolute atomic E-state index is 0.340. The average molecular weight is 140 g/mol. The zero-order chi connectivity index (χ0) is 8.15. The Morgan fingerprint density at radius 2 is 1.80 bits per heavy atom. The van der Waals surface area contributed by atoms with Crippen LogP contribution in [0.25, 0.3) is 0 Å². The lowest BCUT2D eigenvalue weighted by molar-refractivity contribution is 0.290. The van der Waals surface area contributed by atoms with Crippen molar-refractivity contribution in [1.82, 2.24) is 4.90 Å². The van der Waals surface area contributed by atoms with Gasteiger partial charge in [-0.2, -0.15) is 5.26 Å². The highest BCUT2D eigenvalue weighted by Gasteiger charge is 2.07. The predicted molar refractivity (Wildman–Crippen MR) is 42.3 cm³/mol. The Morgan fingerprint density at radius 1 is 1.30 bits per heavy atom. The van der Waals surface area contributed by atoms with Gasteiger partial charge >= 0.3 is 0 Å². The second-order valence-electron chi connectivity index (χ2n) is 3.24. The molecule has 0 bridgehead atoms. The fraction of sp³-hybridized carbons (Fsp3) is 0.875. The maximum Gasteiger partial charge on any atom is 0.179 e. The summed E-state index contributed by atoms with van der Waals surface area (Å²) in [6.07, 6.45) is 2.17. The van der Waals surface area contributed by atoms with E-state index in [1.54, 1.807) is 4.90 Å². The largest absolute Gasteiger partial charge is 0.308 e. The van der Waals surface area contributed by atoms with E-state index >= 15 is 0 Å². The number of hydrogen-bond acceptors (Lipinski definition) is 2. The van der Waals surface area contributed by atoms with Crippen molar-refractivity contribution in [3.63, 3.8) is 0 Å². The first-order valence-corrected chi connectivity index (χ1v) is 3.74. The van der Waals surface area contributed by atoms with Crippen LogP contribution >= 0.6 is 0 Å². The van der Waals surface area contributed by atoms with E-state index in [1.165, 1.54) is 0 Å². The standard InChI is InChI=1S/C8H16N2/c1-7(2)5-10(6-9)8(3)4/h7-8H,5H2,1-4H3. The minimum Gasteiger partial charge on any atom is -0.308 e. The van der Waals surface area contributed by atoms with Crippen molar-refractivity contribution in [2.45, 2.75) is 33.7 Å². The van der Waals surface area contributed by atoms with Crippen LogP contribution in [-0.4, -0.2) is 17.5 Å². The maximum absolute atomic E-state index is 8.62. The Kier molecular flexibility index (Phi) is 3.87. The van der Waals surface area contributed by atoms with Gasteiger partial charge in [0.05, 0.1) is 0 Å². The van der Waals surface area contributed by atoms with Crippen LogP contribution in [0.4, 0.5) is 0 Å². The number of nitrogens with zero attached hydrogens (tertiary/aromatic N) is 2. The van der Waals surface area contributed by atoms with E-state index in [2.05, 4.69) is 20.0 Å². The van der Waals surface area contributed by atoms with E-state index in [0.29, 0.717) is 12.0 Å². The van der Waals surface area contributed by atoms with E-state index in [0.717, 1.165) is 6.54 Å². The van der Waals surface area contributed by atoms with Crippen molar-refractivity contribution >= 4 is 0 Å². The second kappa shape index (κ2) is 4.16. The maximum atomic E-state index is 8.62. The van der Waals surface area contributed by atoms with Gasteiger partial charge < -0.3 is 4.90 Å². The first-order chi connectivity index (χ1) is 4.57. The highest BCUT2D eigenvalue weighted by Crippen LogP contribution is 2.01. The summed E-state index contributed by atoms with van der Waals surface area (Å²) >= 11 is 0. The van der Waals surface area contributed by atoms with E-state index < -0.39 is 0 Å². The molecule has 0 heterocycles. The quantitative estimate of drug-likeness (QED) is 0.442. The van der Waals surface area contributed by atoms with Gasteiger partial charge in [-0.15, -0.1) is 0 Å². The molecule has 0 aliphatic rings. The lowest BCUT2D eigenvalue weighted by atomic mass is 10.2. The third-order valence-corrected chi connectivity index (χ3v) is 1.31. The molecule has 0 amide bonds. The molecular formula is C8H16N2. The summed E-state index contributed by atoms with van der Waals surface area (Å²) < 4.78 is 0. The molecule has 2 nitrogen and oxygen atoms in total. The molecule has 0 spiro atoms. The van der Waals surface area contributed by atoms with Crippen molar-refractivity contribution in [2.75, 3.05) is 6.54 Å². The lowest BCUT2D eigenvalue weighted by Gasteiger charge is -2.21. The predicted octanol–water partition coefficient (Wildman–Crippen LogP) is 1.83. The molecule has 0 unspecified atom stereocenters. The first-order valence-electron chi connectivity index (χ1n) is 3.74. The summed E-state index contributed by atoms with van der Waals surface area (Å²) in [5, 5.41) is 8.62. The molecule has 0 radical (unpaired) electrons. The summed E-state index contributed by atoms with van der Waals surface area (Å²) in [5.74, 6) is 0.571. The SMILES string of the molecule is CC(C)CN(C#N)C(C)C. The van der Waals surface area contributed by atoms with Crippen molar-refractivity contribution < 1.29 is 0 Å². The van der Waals surface area contributed by atoms with Crippen molar-refractivity contribution in [1.29, 1.82) is 5.26 Å². The molecule has 0 rings (SSSR count). The molecule has 0 saturated carbocycles. The van der Waals surface area contributed by atoms with Crippen LogP contribution in [0.1, 0.15) is 27.7 Å². The van der Waals surface area contributed by atoms with Gasteiger partial charge in [0.15, 0.2) is 6.19 Å². The van der Waals surface area contributed by atoms with E-state index in [-0.39, 0.29) is 0 Å². The molecule has 0 aromatic carbocycles. The van der Waals surface area contributed by atoms with Crippen molar-refractivity contribution in [3.05, 3.63) is 0 Å². The molecule has 0 aliphatic carbocycles. The van der Waals surface area contributed by atoms with Crippen LogP contribution in [0.5, 0.6) is 0 Å². The second-order valence-corrected chi connectivity index (χ2v) is 3.24. The zero-order valence-electron chi connectivity index (χ0n) is 7.26. The Bertz CT molecular complexity index is 122. The third-order valence-electron chi connectivity index (χ3n) is 1.31. The first kappa shape index (κ1) is 9.29.